The molecule has 638 valence electrons. The first-order valence-electron chi connectivity index (χ1n) is 36.4. The smallest absolute Gasteiger partial charge is 0.305 e. The second kappa shape index (κ2) is 40.5. The van der Waals surface area contributed by atoms with Crippen LogP contribution in [-0.2, 0) is 104 Å². The Morgan fingerprint density at radius 1 is 0.375 bits per heavy atom. The fraction of sp³-hybridized carbons (Fsp3) is 0.848. The van der Waals surface area contributed by atoms with E-state index in [1.807, 2.05) is 0 Å². The van der Waals surface area contributed by atoms with Crippen molar-refractivity contribution in [1.29, 1.82) is 0 Å². The highest BCUT2D eigenvalue weighted by Crippen LogP contribution is 2.40. The van der Waals surface area contributed by atoms with Gasteiger partial charge in [0.05, 0.1) is 116 Å². The Bertz CT molecular complexity index is 3070. The Balaban J connectivity index is 0.856. The molecule has 0 radical (unpaired) electrons. The molecular formula is C66H100N2O44. The third-order valence-electron chi connectivity index (χ3n) is 20.6. The molecule has 1 aromatic rings. The van der Waals surface area contributed by atoms with E-state index in [-0.39, 0.29) is 70.5 Å². The first kappa shape index (κ1) is 88.5. The van der Waals surface area contributed by atoms with Gasteiger partial charge in [-0.3, -0.25) is 24.1 Å². The summed E-state index contributed by atoms with van der Waals surface area (Å²) in [5.74, 6) is -3.98. The number of aliphatic hydroxyl groups excluding tert-OH is 20. The van der Waals surface area contributed by atoms with Gasteiger partial charge in [-0.1, -0.05) is 12.1 Å². The van der Waals surface area contributed by atoms with Gasteiger partial charge in [-0.15, -0.1) is 0 Å². The van der Waals surface area contributed by atoms with E-state index in [1.165, 1.54) is 24.3 Å². The Kier molecular flexibility index (Phi) is 32.0. The summed E-state index contributed by atoms with van der Waals surface area (Å²) < 4.78 is 115. The maximum absolute atomic E-state index is 14.4. The summed E-state index contributed by atoms with van der Waals surface area (Å²) >= 11 is 0. The van der Waals surface area contributed by atoms with Gasteiger partial charge in [-0.2, -0.15) is 0 Å². The average Bonchev–Trinajstić information content (AvgIpc) is 1.31. The minimum atomic E-state index is -2.42. The number of benzene rings is 1. The van der Waals surface area contributed by atoms with Crippen LogP contribution in [0.4, 0.5) is 0 Å². The van der Waals surface area contributed by atoms with Crippen LogP contribution >= 0.6 is 0 Å². The lowest BCUT2D eigenvalue weighted by Crippen LogP contribution is -2.68. The number of nitrogens with zero attached hydrogens (tertiary/aromatic N) is 1. The van der Waals surface area contributed by atoms with Crippen molar-refractivity contribution in [3.05, 3.63) is 35.4 Å². The number of amides is 3. The van der Waals surface area contributed by atoms with Crippen LogP contribution in [0, 0.1) is 0 Å². The number of aliphatic hydroxyl groups is 20. The Morgan fingerprint density at radius 2 is 0.643 bits per heavy atom. The predicted molar refractivity (Wildman–Crippen MR) is 348 cm³/mol. The number of esters is 1. The number of fused-ring (bicyclic) bond motifs is 1. The molecule has 22 fully saturated rings. The SMILES string of the molecule is O=C(CC[C@@H](C(=O)NCC1COCCOCCOCCOCCO1)N1C(=O)c2ccccc2C1=O)OC[C@H]1O[C@@H]2O[C@H]3[C@H](O)[C@@H](O)[C@@H](O[C@H]4[C@H](O)[C@@H](O)[C@@H](O[C@H]5[C@H](O)[C@@H](O)[C@@H](O[C@H]6[C@H](O)[C@@H](O)[C@@H](O[C@H]7[C@H](O)[C@@H](O)[C@@H](O[C@H]8[C@H](O)[C@@H](O)[C@@H](O[C@H]1[C@H](O)[C@H]2O)O[C@@H]8CO)O[C@@H]7CO)O[C@@H]6CO)O[C@@H]5CO)O[C@@H]4CO)O[C@@H]3CO. The molecule has 1 aromatic carbocycles. The number of carbonyl (C=O) groups is 4. The topological polar surface area (TPSA) is 673 Å². The lowest BCUT2D eigenvalue weighted by Gasteiger charge is -2.50. The molecule has 0 saturated carbocycles. The number of hydrogen-bond donors (Lipinski definition) is 21. The summed E-state index contributed by atoms with van der Waals surface area (Å²) in [5.41, 5.74) is -0.131. The minimum absolute atomic E-state index is 0.0335. The van der Waals surface area contributed by atoms with Crippen molar-refractivity contribution in [2.75, 3.05) is 112 Å². The van der Waals surface area contributed by atoms with E-state index in [0.717, 1.165) is 0 Å². The normalized spacial score (nSPS) is 44.9. The lowest BCUT2D eigenvalue weighted by molar-refractivity contribution is -0.396. The molecule has 1 unspecified atom stereocenters. The van der Waals surface area contributed by atoms with Crippen LogP contribution in [0.25, 0.3) is 0 Å². The molecule has 37 atom stereocenters. The van der Waals surface area contributed by atoms with E-state index >= 15 is 0 Å². The van der Waals surface area contributed by atoms with Crippen LogP contribution in [-0.4, -0.2) is 470 Å². The third-order valence-corrected chi connectivity index (χ3v) is 20.6. The van der Waals surface area contributed by atoms with E-state index in [2.05, 4.69) is 5.32 Å². The average molecular weight is 1630 g/mol. The molecule has 3 amide bonds. The van der Waals surface area contributed by atoms with Crippen molar-refractivity contribution >= 4 is 23.7 Å². The molecule has 21 N–H and O–H groups in total. The van der Waals surface area contributed by atoms with Gasteiger partial charge in [-0.05, 0) is 18.6 Å². The number of imide groups is 1. The minimum Gasteiger partial charge on any atom is -0.463 e. The van der Waals surface area contributed by atoms with Gasteiger partial charge in [0, 0.05) is 13.0 Å². The lowest BCUT2D eigenvalue weighted by atomic mass is 9.95. The highest BCUT2D eigenvalue weighted by atomic mass is 16.8. The van der Waals surface area contributed by atoms with Gasteiger partial charge >= 0.3 is 5.97 Å². The number of carbonyl (C=O) groups excluding carboxylic acids is 4. The van der Waals surface area contributed by atoms with Crippen LogP contribution in [0.5, 0.6) is 0 Å². The number of ether oxygens (including phenoxy) is 20. The Morgan fingerprint density at radius 3 is 0.938 bits per heavy atom. The molecule has 23 aliphatic heterocycles. The van der Waals surface area contributed by atoms with E-state index in [9.17, 15) is 121 Å². The third kappa shape index (κ3) is 19.7. The molecule has 0 aromatic heterocycles. The van der Waals surface area contributed by atoms with Crippen LogP contribution < -0.4 is 5.32 Å². The molecular weight excluding hydrogens is 1520 g/mol. The molecule has 23 heterocycles. The molecule has 46 nitrogen and oxygen atoms in total. The second-order valence-corrected chi connectivity index (χ2v) is 27.9. The standard InChI is InChI=1S/C66H100N2O44/c69-16-28-50-37(77)44(84)61(100-28)108-52-30(18-71)102-63(46(86)39(52)79)110-54-32(20-73)104-65(48(88)41(54)81)112-56-34(23-98-35(75)6-5-27(68-58(91)25-3-1-2-4-26(25)59(68)92)57(90)67-15-24-22-96-12-11-94-8-7-93-9-10-95-13-14-97-24)105-66(49(89)42(56)82)111-55-33(21-74)103-64(47(87)40(55)80)109-53-31(19-72)101-62(45(85)38(53)78)107-51-29(17-70)99-60(106-50)43(83)36(51)76/h1-4,24,27-34,36-56,60-66,69-74,76-89H,5-23H2,(H,67,90)/t24?,27-,28+,29+,30+,31+,32+,33+,34+,36+,37+,38+,39+,40+,41+,42+,43+,44+,45+,46+,47+,48+,49+,50+,51+,52+,53+,54+,55+,56+,60+,61+,62+,63+,64+,65+,66+/m0/s1. The highest BCUT2D eigenvalue weighted by Gasteiger charge is 2.60. The van der Waals surface area contributed by atoms with Gasteiger partial charge in [0.25, 0.3) is 11.8 Å². The monoisotopic (exact) mass is 1620 g/mol. The highest BCUT2D eigenvalue weighted by molar-refractivity contribution is 6.22. The summed E-state index contributed by atoms with van der Waals surface area (Å²) in [4.78, 5) is 57.3. The van der Waals surface area contributed by atoms with Gasteiger partial charge in [-0.25, -0.2) is 0 Å². The number of hydrogen-bond acceptors (Lipinski definition) is 44. The van der Waals surface area contributed by atoms with Crippen LogP contribution in [0.15, 0.2) is 24.3 Å². The van der Waals surface area contributed by atoms with Crippen molar-refractivity contribution in [3.8, 4) is 0 Å². The van der Waals surface area contributed by atoms with Crippen LogP contribution in [0.1, 0.15) is 33.6 Å². The van der Waals surface area contributed by atoms with Crippen molar-refractivity contribution in [3.63, 3.8) is 0 Å². The van der Waals surface area contributed by atoms with Gasteiger partial charge in [0.2, 0.25) is 5.91 Å². The summed E-state index contributed by atoms with van der Waals surface area (Å²) in [5, 5.41) is 230. The summed E-state index contributed by atoms with van der Waals surface area (Å²) in [6, 6.07) is 3.92. The number of rotatable bonds is 15. The Hall–Kier alpha value is -4.26. The fourth-order valence-electron chi connectivity index (χ4n) is 14.4. The molecule has 14 bridgehead atoms. The van der Waals surface area contributed by atoms with Crippen LogP contribution in [0.2, 0.25) is 0 Å². The molecule has 22 saturated heterocycles. The van der Waals surface area contributed by atoms with E-state index in [4.69, 9.17) is 94.7 Å². The number of nitrogens with one attached hydrogen (secondary N) is 1. The summed E-state index contributed by atoms with van der Waals surface area (Å²) in [6.45, 7) is -6.64. The second-order valence-electron chi connectivity index (χ2n) is 27.9. The fourth-order valence-corrected chi connectivity index (χ4v) is 14.4. The first-order valence-corrected chi connectivity index (χ1v) is 36.4. The Labute approximate surface area is 635 Å². The van der Waals surface area contributed by atoms with Crippen molar-refractivity contribution < 1.29 is 216 Å². The molecule has 24 rings (SSSR count). The van der Waals surface area contributed by atoms with Crippen LogP contribution in [0.3, 0.4) is 0 Å². The van der Waals surface area contributed by atoms with E-state index in [0.29, 0.717) is 11.5 Å². The molecule has 23 aliphatic rings. The molecule has 0 spiro atoms. The van der Waals surface area contributed by atoms with Gasteiger partial charge in [0.15, 0.2) is 44.0 Å². The zero-order valence-corrected chi connectivity index (χ0v) is 59.8. The van der Waals surface area contributed by atoms with Gasteiger partial charge in [0.1, 0.15) is 184 Å². The predicted octanol–water partition coefficient (Wildman–Crippen LogP) is -14.7. The summed E-state index contributed by atoms with van der Waals surface area (Å²) in [6.07, 6.45) is -77.0. The van der Waals surface area contributed by atoms with Crippen molar-refractivity contribution in [1.82, 2.24) is 10.2 Å². The van der Waals surface area contributed by atoms with Crippen molar-refractivity contribution in [2.45, 2.75) is 240 Å². The summed E-state index contributed by atoms with van der Waals surface area (Å²) in [7, 11) is 0. The van der Waals surface area contributed by atoms with E-state index < -0.39 is 310 Å². The molecule has 112 heavy (non-hydrogen) atoms. The first-order chi connectivity index (χ1) is 53.8. The van der Waals surface area contributed by atoms with E-state index in [1.54, 1.807) is 0 Å². The van der Waals surface area contributed by atoms with Gasteiger partial charge < -0.3 is 202 Å². The molecule has 46 heteroatoms. The maximum Gasteiger partial charge on any atom is 0.305 e. The molecule has 0 aliphatic carbocycles. The largest absolute Gasteiger partial charge is 0.463 e. The quantitative estimate of drug-likeness (QED) is 0.0573. The zero-order valence-electron chi connectivity index (χ0n) is 59.8. The zero-order chi connectivity index (χ0) is 80.5. The van der Waals surface area contributed by atoms with Crippen molar-refractivity contribution in [2.24, 2.45) is 0 Å². The maximum atomic E-state index is 14.4.